The minimum Gasteiger partial charge on any atom is -0.394 e. The molecule has 1 fully saturated rings. The van der Waals surface area contributed by atoms with E-state index < -0.39 is 31.1 Å². The summed E-state index contributed by atoms with van der Waals surface area (Å²) in [6.45, 7) is 2.13. The second kappa shape index (κ2) is 8.78. The number of benzene rings is 1. The summed E-state index contributed by atoms with van der Waals surface area (Å²) in [6, 6.07) is 7.94. The molecule has 0 radical (unpaired) electrons. The number of amidine groups is 1. The number of fused-ring (bicyclic) bond motifs is 1. The fraction of sp³-hybridized carbons (Fsp3) is 0.444. The van der Waals surface area contributed by atoms with Gasteiger partial charge in [-0.1, -0.05) is 29.8 Å². The van der Waals surface area contributed by atoms with Gasteiger partial charge in [0.25, 0.3) is 0 Å². The van der Waals surface area contributed by atoms with Gasteiger partial charge in [0.1, 0.15) is 43.1 Å². The quantitative estimate of drug-likeness (QED) is 0.427. The Labute approximate surface area is 177 Å². The van der Waals surface area contributed by atoms with Gasteiger partial charge in [-0.25, -0.2) is 10.0 Å². The lowest BCUT2D eigenvalue weighted by Crippen LogP contribution is -2.41. The summed E-state index contributed by atoms with van der Waals surface area (Å²) in [5, 5.41) is 42.3. The first-order valence-corrected chi connectivity index (χ1v) is 8.97. The molecule has 1 saturated heterocycles. The molecule has 0 spiro atoms. The summed E-state index contributed by atoms with van der Waals surface area (Å²) in [5.74, 6) is 0.557. The molecule has 11 heteroatoms. The molecule has 1 aromatic heterocycles. The number of aryl methyl sites for hydroxylation is 1. The van der Waals surface area contributed by atoms with Crippen LogP contribution in [0.3, 0.4) is 0 Å². The molecule has 0 saturated carbocycles. The highest BCUT2D eigenvalue weighted by Crippen LogP contribution is 2.34. The van der Waals surface area contributed by atoms with Crippen molar-refractivity contribution >= 4 is 28.6 Å². The maximum atomic E-state index is 10.2. The molecule has 4 rings (SSSR count). The van der Waals surface area contributed by atoms with Crippen LogP contribution in [0.5, 0.6) is 0 Å². The number of aliphatic hydroxyl groups excluding tert-OH is 3. The van der Waals surface area contributed by atoms with Crippen LogP contribution in [-0.2, 0) is 16.2 Å². The highest BCUT2D eigenvalue weighted by atomic mass is 79.9. The van der Waals surface area contributed by atoms with E-state index in [1.165, 1.54) is 16.0 Å². The number of imidazole rings is 1. The third kappa shape index (κ3) is 4.02. The van der Waals surface area contributed by atoms with E-state index in [0.717, 1.165) is 11.1 Å². The van der Waals surface area contributed by atoms with E-state index in [1.807, 2.05) is 31.2 Å². The van der Waals surface area contributed by atoms with Crippen molar-refractivity contribution in [2.45, 2.75) is 38.1 Å². The maximum absolute atomic E-state index is 10.2. The molecule has 1 aromatic carbocycles. The summed E-state index contributed by atoms with van der Waals surface area (Å²) in [6.07, 6.45) is -2.79. The van der Waals surface area contributed by atoms with E-state index in [-0.39, 0.29) is 29.5 Å². The lowest BCUT2D eigenvalue weighted by molar-refractivity contribution is -0.108. The second-order valence-electron chi connectivity index (χ2n) is 6.90. The summed E-state index contributed by atoms with van der Waals surface area (Å²) in [7, 11) is 0. The lowest BCUT2D eigenvalue weighted by Gasteiger charge is -2.30. The molecular weight excluding hydrogens is 446 g/mol. The van der Waals surface area contributed by atoms with E-state index in [9.17, 15) is 15.3 Å². The van der Waals surface area contributed by atoms with Crippen LogP contribution in [-0.4, -0.2) is 67.4 Å². The van der Waals surface area contributed by atoms with Gasteiger partial charge in [-0.3, -0.25) is 14.8 Å². The zero-order chi connectivity index (χ0) is 19.8. The van der Waals surface area contributed by atoms with E-state index >= 15 is 0 Å². The maximum Gasteiger partial charge on any atom is 0.176 e. The van der Waals surface area contributed by atoms with E-state index in [4.69, 9.17) is 15.0 Å². The molecule has 5 N–H and O–H groups in total. The van der Waals surface area contributed by atoms with Gasteiger partial charge in [0.15, 0.2) is 12.1 Å². The first-order valence-electron chi connectivity index (χ1n) is 8.97. The number of nitrogens with zero attached hydrogens (tertiary/aromatic N) is 3. The molecule has 158 valence electrons. The van der Waals surface area contributed by atoms with Gasteiger partial charge in [0.2, 0.25) is 0 Å². The average Bonchev–Trinajstić information content (AvgIpc) is 3.24. The van der Waals surface area contributed by atoms with Crippen molar-refractivity contribution in [3.63, 3.8) is 0 Å². The summed E-state index contributed by atoms with van der Waals surface area (Å²) in [5.41, 5.74) is 2.49. The predicted octanol–water partition coefficient (Wildman–Crippen LogP) is 0.523. The van der Waals surface area contributed by atoms with Crippen LogP contribution in [0.4, 0.5) is 5.82 Å². The molecule has 2 aromatic rings. The molecule has 3 heterocycles. The number of anilines is 1. The Morgan fingerprint density at radius 3 is 2.66 bits per heavy atom. The van der Waals surface area contributed by atoms with Crippen LogP contribution in [0, 0.1) is 12.3 Å². The van der Waals surface area contributed by atoms with Gasteiger partial charge < -0.3 is 25.4 Å². The molecule has 29 heavy (non-hydrogen) atoms. The monoisotopic (exact) mass is 469 g/mol. The Bertz CT molecular complexity index is 861. The van der Waals surface area contributed by atoms with Crippen molar-refractivity contribution in [3.8, 4) is 0 Å². The highest BCUT2D eigenvalue weighted by Gasteiger charge is 2.44. The lowest BCUT2D eigenvalue weighted by atomic mass is 10.1. The molecule has 4 atom stereocenters. The summed E-state index contributed by atoms with van der Waals surface area (Å²) in [4.78, 5) is 9.96. The van der Waals surface area contributed by atoms with Gasteiger partial charge in [0.05, 0.1) is 12.9 Å². The van der Waals surface area contributed by atoms with E-state index in [1.54, 1.807) is 0 Å². The Kier molecular flexibility index (Phi) is 6.56. The van der Waals surface area contributed by atoms with Gasteiger partial charge in [0, 0.05) is 0 Å². The molecule has 0 unspecified atom stereocenters. The first-order chi connectivity index (χ1) is 13.5. The number of hydroxylamine groups is 2. The van der Waals surface area contributed by atoms with Gasteiger partial charge in [-0.15, -0.1) is 17.0 Å². The molecule has 0 amide bonds. The number of halogens is 1. The van der Waals surface area contributed by atoms with Crippen LogP contribution < -0.4 is 5.32 Å². The van der Waals surface area contributed by atoms with Gasteiger partial charge in [-0.2, -0.15) is 0 Å². The predicted molar refractivity (Wildman–Crippen MR) is 109 cm³/mol. The van der Waals surface area contributed by atoms with Crippen molar-refractivity contribution in [3.05, 3.63) is 47.4 Å². The van der Waals surface area contributed by atoms with Crippen LogP contribution in [0.25, 0.3) is 0 Å². The molecule has 10 nitrogen and oxygen atoms in total. The number of rotatable bonds is 5. The minimum absolute atomic E-state index is 0. The molecule has 0 bridgehead atoms. The first kappa shape index (κ1) is 21.7. The van der Waals surface area contributed by atoms with Crippen LogP contribution in [0.15, 0.2) is 30.6 Å². The third-order valence-electron chi connectivity index (χ3n) is 4.96. The molecule has 2 aliphatic rings. The van der Waals surface area contributed by atoms with E-state index in [0.29, 0.717) is 18.1 Å². The molecule has 2 aliphatic heterocycles. The van der Waals surface area contributed by atoms with Crippen LogP contribution >= 0.6 is 17.0 Å². The van der Waals surface area contributed by atoms with Gasteiger partial charge in [-0.05, 0) is 12.5 Å². The van der Waals surface area contributed by atoms with Crippen molar-refractivity contribution in [2.24, 2.45) is 0 Å². The van der Waals surface area contributed by atoms with Crippen molar-refractivity contribution in [2.75, 3.05) is 18.6 Å². The van der Waals surface area contributed by atoms with Crippen molar-refractivity contribution in [1.82, 2.24) is 14.6 Å². The van der Waals surface area contributed by atoms with Gasteiger partial charge >= 0.3 is 0 Å². The SMILES string of the molecule is Br.Cc1ccc(CON2CNc3c(ncn3[C@@H]3O[C@H](CO)[C@@H](O)[C@H]3O)C2=N)cc1. The standard InChI is InChI=1S/C18H23N5O5.BrH/c1-10-2-4-11(5-3-10)7-27-23-9-21-17-13(16(23)19)20-8-22(17)18-15(26)14(25)12(6-24)28-18;/h2-5,8,12,14-15,18-19,21,24-26H,6-7,9H2,1H3;1H/t12-,14-,15-,18-;/m1./s1. The summed E-state index contributed by atoms with van der Waals surface area (Å²) >= 11 is 0. The normalized spacial score (nSPS) is 26.1. The number of aliphatic hydroxyl groups is 3. The largest absolute Gasteiger partial charge is 0.394 e. The third-order valence-corrected chi connectivity index (χ3v) is 4.96. The number of hydrogen-bond acceptors (Lipinski definition) is 8. The van der Waals surface area contributed by atoms with Crippen molar-refractivity contribution in [1.29, 1.82) is 5.41 Å². The minimum atomic E-state index is -1.22. The Hall–Kier alpha value is -2.02. The Morgan fingerprint density at radius 1 is 1.28 bits per heavy atom. The topological polar surface area (TPSA) is 136 Å². The average molecular weight is 470 g/mol. The number of hydrogen-bond donors (Lipinski definition) is 5. The number of aromatic nitrogens is 2. The van der Waals surface area contributed by atoms with Crippen molar-refractivity contribution < 1.29 is 24.9 Å². The number of nitrogens with one attached hydrogen (secondary N) is 2. The fourth-order valence-corrected chi connectivity index (χ4v) is 3.30. The molecular formula is C18H24BrN5O5. The second-order valence-corrected chi connectivity index (χ2v) is 6.90. The van der Waals surface area contributed by atoms with Crippen LogP contribution in [0.1, 0.15) is 23.0 Å². The summed E-state index contributed by atoms with van der Waals surface area (Å²) < 4.78 is 7.06. The zero-order valence-corrected chi connectivity index (χ0v) is 17.4. The fourth-order valence-electron chi connectivity index (χ4n) is 3.30. The Morgan fingerprint density at radius 2 is 2.00 bits per heavy atom. The highest BCUT2D eigenvalue weighted by molar-refractivity contribution is 8.93. The number of ether oxygens (including phenoxy) is 1. The smallest absolute Gasteiger partial charge is 0.176 e. The zero-order valence-electron chi connectivity index (χ0n) is 15.7. The Balaban J connectivity index is 0.00000240. The molecule has 0 aliphatic carbocycles. The van der Waals surface area contributed by atoms with E-state index in [2.05, 4.69) is 10.3 Å². The van der Waals surface area contributed by atoms with Crippen LogP contribution in [0.2, 0.25) is 0 Å².